The summed E-state index contributed by atoms with van der Waals surface area (Å²) in [6, 6.07) is 6.48. The van der Waals surface area contributed by atoms with Crippen molar-refractivity contribution in [1.82, 2.24) is 10.2 Å². The molecule has 1 aliphatic rings. The highest BCUT2D eigenvalue weighted by Crippen LogP contribution is 2.24. The third kappa shape index (κ3) is 4.38. The number of rotatable bonds is 5. The van der Waals surface area contributed by atoms with Crippen LogP contribution in [0.5, 0.6) is 0 Å². The predicted molar refractivity (Wildman–Crippen MR) is 94.1 cm³/mol. The summed E-state index contributed by atoms with van der Waals surface area (Å²) in [5, 5.41) is 12.0. The summed E-state index contributed by atoms with van der Waals surface area (Å²) >= 11 is 0. The number of nitrogens with zero attached hydrogens (tertiary/aromatic N) is 1. The Morgan fingerprint density at radius 2 is 1.76 bits per heavy atom. The van der Waals surface area contributed by atoms with Crippen LogP contribution in [-0.2, 0) is 9.59 Å². The van der Waals surface area contributed by atoms with E-state index in [1.807, 2.05) is 39.8 Å². The third-order valence-electron chi connectivity index (χ3n) is 4.77. The lowest BCUT2D eigenvalue weighted by atomic mass is 9.99. The van der Waals surface area contributed by atoms with Gasteiger partial charge >= 0.3 is 5.97 Å². The van der Waals surface area contributed by atoms with Crippen LogP contribution in [0.25, 0.3) is 0 Å². The Kier molecular flexibility index (Phi) is 5.82. The normalized spacial score (nSPS) is 21.2. The molecule has 1 fully saturated rings. The van der Waals surface area contributed by atoms with Gasteiger partial charge in [-0.05, 0) is 30.9 Å². The second-order valence-electron chi connectivity index (χ2n) is 7.23. The summed E-state index contributed by atoms with van der Waals surface area (Å²) < 4.78 is 0. The number of carbonyl (C=O) groups excluding carboxylic acids is 2. The number of benzene rings is 1. The molecule has 6 nitrogen and oxygen atoms in total. The van der Waals surface area contributed by atoms with E-state index in [0.29, 0.717) is 12.1 Å². The molecule has 0 aromatic heterocycles. The lowest BCUT2D eigenvalue weighted by Crippen LogP contribution is -2.50. The minimum atomic E-state index is -0.882. The monoisotopic (exact) mass is 346 g/mol. The highest BCUT2D eigenvalue weighted by atomic mass is 16.4. The first-order valence-corrected chi connectivity index (χ1v) is 8.59. The number of carboxylic acid groups (broad SMARTS) is 1. The average Bonchev–Trinajstić information content (AvgIpc) is 2.94. The van der Waals surface area contributed by atoms with Gasteiger partial charge in [0.05, 0.1) is 5.92 Å². The summed E-state index contributed by atoms with van der Waals surface area (Å²) in [7, 11) is 0. The molecule has 1 saturated heterocycles. The van der Waals surface area contributed by atoms with E-state index in [0.717, 1.165) is 5.56 Å². The molecular formula is C19H26N2O4. The molecule has 0 saturated carbocycles. The van der Waals surface area contributed by atoms with E-state index in [4.69, 9.17) is 0 Å². The molecule has 6 heteroatoms. The molecule has 0 bridgehead atoms. The lowest BCUT2D eigenvalue weighted by molar-refractivity contribution is -0.142. The quantitative estimate of drug-likeness (QED) is 0.853. The van der Waals surface area contributed by atoms with Gasteiger partial charge in [0, 0.05) is 18.7 Å². The van der Waals surface area contributed by atoms with E-state index >= 15 is 0 Å². The fourth-order valence-electron chi connectivity index (χ4n) is 3.11. The fraction of sp³-hybridized carbons (Fsp3) is 0.526. The minimum absolute atomic E-state index is 0.0953. The topological polar surface area (TPSA) is 86.7 Å². The molecule has 25 heavy (non-hydrogen) atoms. The Hall–Kier alpha value is -2.37. The van der Waals surface area contributed by atoms with Crippen LogP contribution in [0.15, 0.2) is 24.3 Å². The molecule has 1 aromatic rings. The van der Waals surface area contributed by atoms with Crippen LogP contribution < -0.4 is 5.32 Å². The zero-order chi connectivity index (χ0) is 18.7. The number of hydrogen-bond donors (Lipinski definition) is 2. The molecular weight excluding hydrogens is 320 g/mol. The van der Waals surface area contributed by atoms with E-state index in [1.54, 1.807) is 17.0 Å². The fourth-order valence-corrected chi connectivity index (χ4v) is 3.11. The summed E-state index contributed by atoms with van der Waals surface area (Å²) in [6.45, 7) is 8.10. The molecule has 0 aliphatic carbocycles. The Morgan fingerprint density at radius 1 is 1.16 bits per heavy atom. The molecule has 136 valence electrons. The van der Waals surface area contributed by atoms with Gasteiger partial charge < -0.3 is 15.3 Å². The van der Waals surface area contributed by atoms with E-state index in [2.05, 4.69) is 5.32 Å². The zero-order valence-corrected chi connectivity index (χ0v) is 15.2. The Labute approximate surface area is 148 Å². The van der Waals surface area contributed by atoms with Crippen molar-refractivity contribution < 1.29 is 19.5 Å². The summed E-state index contributed by atoms with van der Waals surface area (Å²) in [5.74, 6) is -2.14. The molecule has 2 N–H and O–H groups in total. The molecule has 2 rings (SSSR count). The van der Waals surface area contributed by atoms with Crippen LogP contribution in [0.3, 0.4) is 0 Å². The minimum Gasteiger partial charge on any atom is -0.481 e. The average molecular weight is 346 g/mol. The first kappa shape index (κ1) is 19.0. The molecule has 1 aromatic carbocycles. The van der Waals surface area contributed by atoms with Crippen molar-refractivity contribution in [3.8, 4) is 0 Å². The van der Waals surface area contributed by atoms with Gasteiger partial charge in [0.1, 0.15) is 6.04 Å². The van der Waals surface area contributed by atoms with Crippen LogP contribution in [0, 0.1) is 24.7 Å². The zero-order valence-electron chi connectivity index (χ0n) is 15.2. The van der Waals surface area contributed by atoms with Crippen molar-refractivity contribution in [2.45, 2.75) is 33.7 Å². The van der Waals surface area contributed by atoms with Crippen molar-refractivity contribution in [2.24, 2.45) is 17.8 Å². The predicted octanol–water partition coefficient (Wildman–Crippen LogP) is 1.93. The molecule has 1 unspecified atom stereocenters. The smallest absolute Gasteiger partial charge is 0.308 e. The van der Waals surface area contributed by atoms with Gasteiger partial charge in [0.25, 0.3) is 5.91 Å². The highest BCUT2D eigenvalue weighted by Gasteiger charge is 2.39. The van der Waals surface area contributed by atoms with E-state index in [-0.39, 0.29) is 30.2 Å². The molecule has 0 spiro atoms. The van der Waals surface area contributed by atoms with E-state index in [9.17, 15) is 19.5 Å². The number of nitrogens with one attached hydrogen (secondary N) is 1. The van der Waals surface area contributed by atoms with Crippen LogP contribution >= 0.6 is 0 Å². The summed E-state index contributed by atoms with van der Waals surface area (Å²) in [6.07, 6.45) is 0. The van der Waals surface area contributed by atoms with Gasteiger partial charge in [-0.3, -0.25) is 14.4 Å². The van der Waals surface area contributed by atoms with Crippen molar-refractivity contribution in [2.75, 3.05) is 13.1 Å². The van der Waals surface area contributed by atoms with Crippen molar-refractivity contribution in [3.63, 3.8) is 0 Å². The number of likely N-dealkylation sites (tertiary alicyclic amines) is 1. The van der Waals surface area contributed by atoms with Crippen molar-refractivity contribution in [3.05, 3.63) is 35.4 Å². The third-order valence-corrected chi connectivity index (χ3v) is 4.77. The van der Waals surface area contributed by atoms with E-state index in [1.165, 1.54) is 0 Å². The van der Waals surface area contributed by atoms with E-state index < -0.39 is 17.9 Å². The van der Waals surface area contributed by atoms with Gasteiger partial charge in [0.15, 0.2) is 0 Å². The molecule has 1 heterocycles. The maximum atomic E-state index is 12.8. The first-order valence-electron chi connectivity index (χ1n) is 8.59. The Bertz CT molecular complexity index is 654. The van der Waals surface area contributed by atoms with Gasteiger partial charge in [-0.25, -0.2) is 0 Å². The largest absolute Gasteiger partial charge is 0.481 e. The summed E-state index contributed by atoms with van der Waals surface area (Å²) in [4.78, 5) is 38.1. The number of aliphatic carboxylic acids is 1. The number of hydrogen-bond acceptors (Lipinski definition) is 3. The van der Waals surface area contributed by atoms with Gasteiger partial charge in [-0.1, -0.05) is 38.5 Å². The van der Waals surface area contributed by atoms with Gasteiger partial charge in [-0.15, -0.1) is 0 Å². The molecule has 1 aliphatic heterocycles. The second-order valence-corrected chi connectivity index (χ2v) is 7.23. The number of carbonyl (C=O) groups is 3. The van der Waals surface area contributed by atoms with Crippen LogP contribution in [0.2, 0.25) is 0 Å². The number of carboxylic acids is 1. The molecule has 0 radical (unpaired) electrons. The summed E-state index contributed by atoms with van der Waals surface area (Å²) in [5.41, 5.74) is 1.56. The van der Waals surface area contributed by atoms with Crippen LogP contribution in [0.1, 0.15) is 36.7 Å². The second kappa shape index (κ2) is 7.68. The first-order chi connectivity index (χ1) is 11.7. The molecule has 3 atom stereocenters. The van der Waals surface area contributed by atoms with Gasteiger partial charge in [-0.2, -0.15) is 0 Å². The molecule has 2 amide bonds. The van der Waals surface area contributed by atoms with Crippen LogP contribution in [0.4, 0.5) is 0 Å². The lowest BCUT2D eigenvalue weighted by Gasteiger charge is -2.27. The number of aryl methyl sites for hydroxylation is 1. The highest BCUT2D eigenvalue weighted by molar-refractivity contribution is 5.97. The van der Waals surface area contributed by atoms with Crippen molar-refractivity contribution >= 4 is 17.8 Å². The number of amides is 2. The van der Waals surface area contributed by atoms with Gasteiger partial charge in [0.2, 0.25) is 5.91 Å². The maximum Gasteiger partial charge on any atom is 0.308 e. The Morgan fingerprint density at radius 3 is 2.24 bits per heavy atom. The SMILES string of the molecule is Cc1ccc(C(=O)NC(C(=O)N2C[C@@H](C)[C@H](C(=O)O)C2)C(C)C)cc1. The standard InChI is InChI=1S/C19H26N2O4/c1-11(2)16(20-17(22)14-7-5-12(3)6-8-14)18(23)21-9-13(4)15(10-21)19(24)25/h5-8,11,13,15-16H,9-10H2,1-4H3,(H,20,22)(H,24,25)/t13-,15-,16?/m1/s1. The van der Waals surface area contributed by atoms with Crippen LogP contribution in [-0.4, -0.2) is 46.9 Å². The maximum absolute atomic E-state index is 12.8. The Balaban J connectivity index is 2.10. The van der Waals surface area contributed by atoms with Crippen molar-refractivity contribution in [1.29, 1.82) is 0 Å².